The van der Waals surface area contributed by atoms with Crippen LogP contribution in [0, 0.1) is 0 Å². The lowest BCUT2D eigenvalue weighted by Crippen LogP contribution is -2.12. The third-order valence-corrected chi connectivity index (χ3v) is 6.25. The lowest BCUT2D eigenvalue weighted by Gasteiger charge is -2.18. The van der Waals surface area contributed by atoms with Crippen LogP contribution in [0.25, 0.3) is 12.2 Å². The topological polar surface area (TPSA) is 54.0 Å². The van der Waals surface area contributed by atoms with Gasteiger partial charge in [0, 0.05) is 11.1 Å². The van der Waals surface area contributed by atoms with Crippen LogP contribution < -0.4 is 18.9 Å². The molecule has 0 unspecified atom stereocenters. The molecule has 0 radical (unpaired) electrons. The van der Waals surface area contributed by atoms with Gasteiger partial charge >= 0.3 is 0 Å². The van der Waals surface area contributed by atoms with E-state index < -0.39 is 0 Å². The third-order valence-electron chi connectivity index (χ3n) is 5.07. The summed E-state index contributed by atoms with van der Waals surface area (Å²) in [6.45, 7) is 0. The number of ether oxygens (including phenoxy) is 4. The van der Waals surface area contributed by atoms with Gasteiger partial charge in [0.2, 0.25) is 0 Å². The highest BCUT2D eigenvalue weighted by atomic mass is 79.9. The fourth-order valence-corrected chi connectivity index (χ4v) is 4.87. The maximum Gasteiger partial charge on any atom is 0.185 e. The molecule has 1 saturated carbocycles. The fraction of sp³-hybridized carbons (Fsp3) is 0.292. The molecule has 1 fully saturated rings. The number of Topliss-reactive ketones (excluding diaryl/α,β-unsaturated/α-hetero) is 1. The molecular formula is C24H24Br2O5. The SMILES string of the molecule is COc1cc(/C=C2\CCC/C(=C\c3cc(Br)c(OC)c(OC)c3)C2=O)cc(Br)c1OC. The average molecular weight is 552 g/mol. The molecule has 5 nitrogen and oxygen atoms in total. The smallest absolute Gasteiger partial charge is 0.185 e. The molecule has 0 N–H and O–H groups in total. The van der Waals surface area contributed by atoms with Crippen LogP contribution >= 0.6 is 31.9 Å². The first kappa shape index (κ1) is 23.4. The summed E-state index contributed by atoms with van der Waals surface area (Å²) in [5.74, 6) is 2.53. The van der Waals surface area contributed by atoms with Crippen LogP contribution in [-0.2, 0) is 4.79 Å². The van der Waals surface area contributed by atoms with E-state index in [4.69, 9.17) is 18.9 Å². The summed E-state index contributed by atoms with van der Waals surface area (Å²) in [6, 6.07) is 7.58. The Morgan fingerprint density at radius 1 is 0.710 bits per heavy atom. The second-order valence-corrected chi connectivity index (χ2v) is 8.71. The van der Waals surface area contributed by atoms with E-state index in [1.807, 2.05) is 36.4 Å². The van der Waals surface area contributed by atoms with Crippen LogP contribution in [0.15, 0.2) is 44.4 Å². The van der Waals surface area contributed by atoms with Crippen LogP contribution in [-0.4, -0.2) is 34.2 Å². The Bertz CT molecular complexity index is 975. The van der Waals surface area contributed by atoms with Gasteiger partial charge in [0.05, 0.1) is 37.4 Å². The number of halogens is 2. The first-order valence-corrected chi connectivity index (χ1v) is 11.3. The maximum atomic E-state index is 13.2. The van der Waals surface area contributed by atoms with Gasteiger partial charge in [-0.1, -0.05) is 0 Å². The number of rotatable bonds is 6. The minimum absolute atomic E-state index is 0.0584. The molecule has 0 heterocycles. The molecule has 0 bridgehead atoms. The second-order valence-electron chi connectivity index (χ2n) is 7.00. The molecule has 2 aromatic rings. The predicted octanol–water partition coefficient (Wildman–Crippen LogP) is 6.47. The van der Waals surface area contributed by atoms with Crippen molar-refractivity contribution in [3.8, 4) is 23.0 Å². The molecule has 0 saturated heterocycles. The molecule has 1 aliphatic carbocycles. The monoisotopic (exact) mass is 550 g/mol. The summed E-state index contributed by atoms with van der Waals surface area (Å²) >= 11 is 7.02. The largest absolute Gasteiger partial charge is 0.493 e. The normalized spacial score (nSPS) is 16.5. The van der Waals surface area contributed by atoms with Gasteiger partial charge in [0.15, 0.2) is 28.8 Å². The van der Waals surface area contributed by atoms with Crippen molar-refractivity contribution in [2.45, 2.75) is 19.3 Å². The number of carbonyl (C=O) groups is 1. The lowest BCUT2D eigenvalue weighted by atomic mass is 9.87. The van der Waals surface area contributed by atoms with E-state index in [0.717, 1.165) is 50.5 Å². The van der Waals surface area contributed by atoms with E-state index >= 15 is 0 Å². The Hall–Kier alpha value is -2.25. The summed E-state index contributed by atoms with van der Waals surface area (Å²) < 4.78 is 23.1. The molecule has 0 aromatic heterocycles. The zero-order valence-corrected chi connectivity index (χ0v) is 21.1. The second kappa shape index (κ2) is 10.4. The minimum atomic E-state index is 0.0584. The third kappa shape index (κ3) is 5.15. The Morgan fingerprint density at radius 2 is 1.13 bits per heavy atom. The summed E-state index contributed by atoms with van der Waals surface area (Å²) in [4.78, 5) is 13.2. The van der Waals surface area contributed by atoms with Gasteiger partial charge in [0.25, 0.3) is 0 Å². The van der Waals surface area contributed by atoms with Crippen molar-refractivity contribution < 1.29 is 23.7 Å². The molecule has 31 heavy (non-hydrogen) atoms. The van der Waals surface area contributed by atoms with Crippen molar-refractivity contribution in [2.75, 3.05) is 28.4 Å². The van der Waals surface area contributed by atoms with Crippen molar-refractivity contribution in [1.82, 2.24) is 0 Å². The standard InChI is InChI=1S/C24H24Br2O5/c1-28-20-12-14(10-18(25)23(20)30-3)8-16-6-5-7-17(22(16)27)9-15-11-19(26)24(31-4)21(13-15)29-2/h8-13H,5-7H2,1-4H3/b16-8+,17-9+. The van der Waals surface area contributed by atoms with Crippen molar-refractivity contribution in [3.63, 3.8) is 0 Å². The van der Waals surface area contributed by atoms with E-state index in [9.17, 15) is 4.79 Å². The van der Waals surface area contributed by atoms with Crippen LogP contribution in [0.2, 0.25) is 0 Å². The maximum absolute atomic E-state index is 13.2. The molecule has 0 spiro atoms. The van der Waals surface area contributed by atoms with Gasteiger partial charge in [-0.05, 0) is 98.7 Å². The number of hydrogen-bond donors (Lipinski definition) is 0. The van der Waals surface area contributed by atoms with E-state index in [-0.39, 0.29) is 5.78 Å². The summed E-state index contributed by atoms with van der Waals surface area (Å²) in [6.07, 6.45) is 6.22. The lowest BCUT2D eigenvalue weighted by molar-refractivity contribution is -0.112. The minimum Gasteiger partial charge on any atom is -0.493 e. The van der Waals surface area contributed by atoms with Gasteiger partial charge < -0.3 is 18.9 Å². The number of hydrogen-bond acceptors (Lipinski definition) is 5. The number of allylic oxidation sites excluding steroid dienone is 2. The fourth-order valence-electron chi connectivity index (χ4n) is 3.62. The van der Waals surface area contributed by atoms with Crippen molar-refractivity contribution >= 4 is 49.8 Å². The Labute approximate surface area is 199 Å². The zero-order valence-electron chi connectivity index (χ0n) is 17.9. The van der Waals surface area contributed by atoms with E-state index in [2.05, 4.69) is 31.9 Å². The Morgan fingerprint density at radius 3 is 1.48 bits per heavy atom. The van der Waals surface area contributed by atoms with Gasteiger partial charge in [-0.15, -0.1) is 0 Å². The van der Waals surface area contributed by atoms with Gasteiger partial charge in [-0.25, -0.2) is 0 Å². The number of carbonyl (C=O) groups excluding carboxylic acids is 1. The number of ketones is 1. The van der Waals surface area contributed by atoms with E-state index in [0.29, 0.717) is 23.0 Å². The molecular weight excluding hydrogens is 528 g/mol. The van der Waals surface area contributed by atoms with Crippen LogP contribution in [0.1, 0.15) is 30.4 Å². The summed E-state index contributed by atoms with van der Waals surface area (Å²) in [7, 11) is 6.37. The molecule has 7 heteroatoms. The van der Waals surface area contributed by atoms with Gasteiger partial charge in [0.1, 0.15) is 0 Å². The zero-order chi connectivity index (χ0) is 22.5. The quantitative estimate of drug-likeness (QED) is 0.385. The molecule has 0 aliphatic heterocycles. The Kier molecular flexibility index (Phi) is 7.84. The van der Waals surface area contributed by atoms with Crippen molar-refractivity contribution in [3.05, 3.63) is 55.5 Å². The van der Waals surface area contributed by atoms with Gasteiger partial charge in [-0.3, -0.25) is 4.79 Å². The first-order chi connectivity index (χ1) is 14.9. The Balaban J connectivity index is 1.95. The molecule has 0 atom stereocenters. The highest BCUT2D eigenvalue weighted by molar-refractivity contribution is 9.11. The molecule has 164 valence electrons. The number of methoxy groups -OCH3 is 4. The van der Waals surface area contributed by atoms with Gasteiger partial charge in [-0.2, -0.15) is 0 Å². The number of benzene rings is 2. The summed E-state index contributed by atoms with van der Waals surface area (Å²) in [5, 5.41) is 0. The summed E-state index contributed by atoms with van der Waals surface area (Å²) in [5.41, 5.74) is 3.30. The van der Waals surface area contributed by atoms with Crippen molar-refractivity contribution in [2.24, 2.45) is 0 Å². The highest BCUT2D eigenvalue weighted by Crippen LogP contribution is 2.39. The highest BCUT2D eigenvalue weighted by Gasteiger charge is 2.21. The van der Waals surface area contributed by atoms with Crippen LogP contribution in [0.3, 0.4) is 0 Å². The molecule has 1 aliphatic rings. The average Bonchev–Trinajstić information content (AvgIpc) is 2.75. The van der Waals surface area contributed by atoms with Crippen LogP contribution in [0.5, 0.6) is 23.0 Å². The first-order valence-electron chi connectivity index (χ1n) is 9.70. The van der Waals surface area contributed by atoms with Crippen LogP contribution in [0.4, 0.5) is 0 Å². The molecule has 2 aromatic carbocycles. The predicted molar refractivity (Wildman–Crippen MR) is 129 cm³/mol. The van der Waals surface area contributed by atoms with E-state index in [1.165, 1.54) is 0 Å². The van der Waals surface area contributed by atoms with Crippen molar-refractivity contribution in [1.29, 1.82) is 0 Å². The molecule has 3 rings (SSSR count). The van der Waals surface area contributed by atoms with E-state index in [1.54, 1.807) is 28.4 Å². The molecule has 0 amide bonds.